The number of aliphatic hydroxyl groups excluding tert-OH is 1. The highest BCUT2D eigenvalue weighted by Gasteiger charge is 2.31. The molecule has 1 aromatic rings. The topological polar surface area (TPSA) is 72.8 Å². The fourth-order valence-corrected chi connectivity index (χ4v) is 2.46. The summed E-state index contributed by atoms with van der Waals surface area (Å²) in [6.45, 7) is 7.85. The van der Waals surface area contributed by atoms with Gasteiger partial charge in [0.15, 0.2) is 0 Å². The smallest absolute Gasteiger partial charge is 0.308 e. The fourth-order valence-electron chi connectivity index (χ4n) is 2.46. The summed E-state index contributed by atoms with van der Waals surface area (Å²) < 4.78 is 11.2. The number of benzene rings is 1. The first-order chi connectivity index (χ1) is 11.9. The fraction of sp³-hybridized carbons (Fsp3) is 0.600. The molecule has 1 rings (SSSR count). The highest BCUT2D eigenvalue weighted by atomic mass is 16.5. The quantitative estimate of drug-likeness (QED) is 0.377. The number of esters is 1. The van der Waals surface area contributed by atoms with Crippen LogP contribution >= 0.6 is 0 Å². The molecule has 0 saturated heterocycles. The van der Waals surface area contributed by atoms with Crippen molar-refractivity contribution in [2.75, 3.05) is 6.61 Å². The summed E-state index contributed by atoms with van der Waals surface area (Å²) in [5, 5.41) is 10.3. The van der Waals surface area contributed by atoms with E-state index < -0.39 is 18.1 Å². The summed E-state index contributed by atoms with van der Waals surface area (Å²) in [6, 6.07) is 9.81. The van der Waals surface area contributed by atoms with Gasteiger partial charge in [-0.2, -0.15) is 0 Å². The van der Waals surface area contributed by atoms with Gasteiger partial charge in [0, 0.05) is 18.3 Å². The first-order valence-corrected chi connectivity index (χ1v) is 8.82. The van der Waals surface area contributed by atoms with Crippen LogP contribution in [-0.2, 0) is 25.7 Å². The Labute approximate surface area is 150 Å². The van der Waals surface area contributed by atoms with Gasteiger partial charge in [0.05, 0.1) is 25.2 Å². The van der Waals surface area contributed by atoms with Crippen molar-refractivity contribution in [3.05, 3.63) is 35.9 Å². The predicted octanol–water partition coefficient (Wildman–Crippen LogP) is 2.99. The summed E-state index contributed by atoms with van der Waals surface area (Å²) in [4.78, 5) is 22.9. The Morgan fingerprint density at radius 3 is 2.36 bits per heavy atom. The molecule has 5 nitrogen and oxygen atoms in total. The van der Waals surface area contributed by atoms with Crippen LogP contribution < -0.4 is 0 Å². The van der Waals surface area contributed by atoms with Crippen LogP contribution in [0.25, 0.3) is 0 Å². The van der Waals surface area contributed by atoms with Crippen molar-refractivity contribution in [3.63, 3.8) is 0 Å². The van der Waals surface area contributed by atoms with Crippen LogP contribution in [0.3, 0.4) is 0 Å². The Balaban J connectivity index is 2.60. The maximum Gasteiger partial charge on any atom is 0.308 e. The highest BCUT2D eigenvalue weighted by Crippen LogP contribution is 2.22. The second kappa shape index (κ2) is 11.0. The largest absolute Gasteiger partial charge is 0.462 e. The van der Waals surface area contributed by atoms with Gasteiger partial charge in [0.25, 0.3) is 0 Å². The molecule has 140 valence electrons. The molecular formula is C20H30O5. The zero-order valence-electron chi connectivity index (χ0n) is 15.6. The summed E-state index contributed by atoms with van der Waals surface area (Å²) in [5.74, 6) is -1.44. The molecule has 0 heterocycles. The van der Waals surface area contributed by atoms with Crippen LogP contribution in [0.4, 0.5) is 0 Å². The summed E-state index contributed by atoms with van der Waals surface area (Å²) in [5.41, 5.74) is 1.07. The Morgan fingerprint density at radius 1 is 1.16 bits per heavy atom. The van der Waals surface area contributed by atoms with Crippen LogP contribution in [0.2, 0.25) is 0 Å². The van der Waals surface area contributed by atoms with E-state index in [4.69, 9.17) is 9.47 Å². The van der Waals surface area contributed by atoms with Crippen molar-refractivity contribution in [3.8, 4) is 0 Å². The maximum absolute atomic E-state index is 12.0. The lowest BCUT2D eigenvalue weighted by Crippen LogP contribution is -2.38. The number of carbonyl (C=O) groups is 2. The average Bonchev–Trinajstić information content (AvgIpc) is 2.62. The van der Waals surface area contributed by atoms with E-state index in [2.05, 4.69) is 0 Å². The van der Waals surface area contributed by atoms with Crippen LogP contribution in [0, 0.1) is 17.8 Å². The number of rotatable bonds is 11. The van der Waals surface area contributed by atoms with E-state index in [1.54, 1.807) is 27.7 Å². The molecular weight excluding hydrogens is 320 g/mol. The number of aliphatic hydroxyl groups is 1. The molecule has 0 aliphatic carbocycles. The zero-order valence-corrected chi connectivity index (χ0v) is 15.6. The van der Waals surface area contributed by atoms with Gasteiger partial charge in [0.2, 0.25) is 0 Å². The van der Waals surface area contributed by atoms with Crippen molar-refractivity contribution < 1.29 is 24.2 Å². The Morgan fingerprint density at radius 2 is 1.80 bits per heavy atom. The lowest BCUT2D eigenvalue weighted by molar-refractivity contribution is -0.159. The molecule has 0 aromatic heterocycles. The second-order valence-corrected chi connectivity index (χ2v) is 6.80. The van der Waals surface area contributed by atoms with Crippen molar-refractivity contribution in [1.82, 2.24) is 0 Å². The number of hydrogen-bond acceptors (Lipinski definition) is 5. The lowest BCUT2D eigenvalue weighted by Gasteiger charge is -2.30. The van der Waals surface area contributed by atoms with E-state index in [0.29, 0.717) is 25.9 Å². The minimum Gasteiger partial charge on any atom is -0.462 e. The van der Waals surface area contributed by atoms with E-state index in [1.807, 2.05) is 30.3 Å². The minimum absolute atomic E-state index is 0.249. The van der Waals surface area contributed by atoms with Crippen LogP contribution in [0.1, 0.15) is 39.7 Å². The van der Waals surface area contributed by atoms with Gasteiger partial charge in [-0.05, 0) is 5.56 Å². The molecule has 0 bridgehead atoms. The third-order valence-electron chi connectivity index (χ3n) is 4.28. The summed E-state index contributed by atoms with van der Waals surface area (Å²) in [7, 11) is 0. The summed E-state index contributed by atoms with van der Waals surface area (Å²) in [6.07, 6.45) is -0.177. The third-order valence-corrected chi connectivity index (χ3v) is 4.28. The Bertz CT molecular complexity index is 514. The predicted molar refractivity (Wildman–Crippen MR) is 95.8 cm³/mol. The standard InChI is InChI=1S/C20H30O5/c1-14(2)20(23)25-18(16(4)19(22)15(3)12-21)10-11-24-13-17-8-6-5-7-9-17/h5-9,12,14-16,18-19,22H,10-11,13H2,1-4H3/t15-,16+,18-,19-/m0/s1. The van der Waals surface area contributed by atoms with E-state index in [9.17, 15) is 14.7 Å². The average molecular weight is 350 g/mol. The van der Waals surface area contributed by atoms with Gasteiger partial charge in [-0.15, -0.1) is 0 Å². The zero-order chi connectivity index (χ0) is 18.8. The van der Waals surface area contributed by atoms with Gasteiger partial charge < -0.3 is 19.4 Å². The van der Waals surface area contributed by atoms with E-state index in [-0.39, 0.29) is 17.8 Å². The molecule has 0 saturated carbocycles. The SMILES string of the molecule is CC(C)C(=O)O[C@@H](CCOCc1ccccc1)[C@@H](C)[C@@H](O)[C@@H](C)C=O. The minimum atomic E-state index is -0.864. The van der Waals surface area contributed by atoms with Gasteiger partial charge in [-0.1, -0.05) is 58.0 Å². The van der Waals surface area contributed by atoms with E-state index >= 15 is 0 Å². The Kier molecular flexibility index (Phi) is 9.39. The number of aldehydes is 1. The van der Waals surface area contributed by atoms with Crippen LogP contribution in [0.5, 0.6) is 0 Å². The molecule has 1 aromatic carbocycles. The van der Waals surface area contributed by atoms with Crippen molar-refractivity contribution in [1.29, 1.82) is 0 Å². The second-order valence-electron chi connectivity index (χ2n) is 6.80. The van der Waals surface area contributed by atoms with E-state index in [0.717, 1.165) is 5.56 Å². The third kappa shape index (κ3) is 7.36. The number of hydrogen-bond donors (Lipinski definition) is 1. The molecule has 0 unspecified atom stereocenters. The van der Waals surface area contributed by atoms with Gasteiger partial charge in [0.1, 0.15) is 12.4 Å². The first kappa shape index (κ1) is 21.3. The van der Waals surface area contributed by atoms with Crippen LogP contribution in [-0.4, -0.2) is 36.2 Å². The summed E-state index contributed by atoms with van der Waals surface area (Å²) >= 11 is 0. The number of carbonyl (C=O) groups excluding carboxylic acids is 2. The molecule has 1 N–H and O–H groups in total. The van der Waals surface area contributed by atoms with Gasteiger partial charge in [-0.3, -0.25) is 4.79 Å². The van der Waals surface area contributed by atoms with E-state index in [1.165, 1.54) is 0 Å². The highest BCUT2D eigenvalue weighted by molar-refractivity contribution is 5.71. The molecule has 0 amide bonds. The molecule has 5 heteroatoms. The van der Waals surface area contributed by atoms with Crippen molar-refractivity contribution in [2.45, 2.75) is 52.9 Å². The molecule has 25 heavy (non-hydrogen) atoms. The van der Waals surface area contributed by atoms with Gasteiger partial charge in [-0.25, -0.2) is 0 Å². The normalized spacial score (nSPS) is 16.1. The van der Waals surface area contributed by atoms with Gasteiger partial charge >= 0.3 is 5.97 Å². The molecule has 4 atom stereocenters. The monoisotopic (exact) mass is 350 g/mol. The molecule has 0 fully saturated rings. The Hall–Kier alpha value is -1.72. The van der Waals surface area contributed by atoms with Crippen molar-refractivity contribution >= 4 is 12.3 Å². The molecule has 0 spiro atoms. The molecule has 0 radical (unpaired) electrons. The first-order valence-electron chi connectivity index (χ1n) is 8.82. The number of ether oxygens (including phenoxy) is 2. The van der Waals surface area contributed by atoms with Crippen LogP contribution in [0.15, 0.2) is 30.3 Å². The molecule has 0 aliphatic rings. The maximum atomic E-state index is 12.0. The lowest BCUT2D eigenvalue weighted by atomic mass is 9.88. The molecule has 0 aliphatic heterocycles. The van der Waals surface area contributed by atoms with Crippen molar-refractivity contribution in [2.24, 2.45) is 17.8 Å².